The van der Waals surface area contributed by atoms with E-state index in [1.54, 1.807) is 0 Å². The summed E-state index contributed by atoms with van der Waals surface area (Å²) >= 11 is 1.95. The van der Waals surface area contributed by atoms with E-state index in [-0.39, 0.29) is 0 Å². The van der Waals surface area contributed by atoms with Crippen LogP contribution in [0, 0.1) is 11.8 Å². The summed E-state index contributed by atoms with van der Waals surface area (Å²) in [6, 6.07) is 1.40. The lowest BCUT2D eigenvalue weighted by Gasteiger charge is -2.27. The van der Waals surface area contributed by atoms with Crippen molar-refractivity contribution in [1.29, 1.82) is 0 Å². The number of hydrogen-bond acceptors (Lipinski definition) is 2. The highest BCUT2D eigenvalue weighted by Crippen LogP contribution is 2.15. The summed E-state index contributed by atoms with van der Waals surface area (Å²) in [6.45, 7) is 11.6. The molecule has 0 bridgehead atoms. The van der Waals surface area contributed by atoms with Crippen LogP contribution in [-0.2, 0) is 0 Å². The third kappa shape index (κ3) is 8.46. The summed E-state index contributed by atoms with van der Waals surface area (Å²) in [5, 5.41) is 3.85. The fraction of sp³-hybridized carbons (Fsp3) is 1.00. The van der Waals surface area contributed by atoms with Crippen molar-refractivity contribution in [2.24, 2.45) is 11.8 Å². The van der Waals surface area contributed by atoms with E-state index in [1.807, 2.05) is 11.8 Å². The molecule has 0 aliphatic heterocycles. The van der Waals surface area contributed by atoms with Gasteiger partial charge in [0, 0.05) is 17.8 Å². The van der Waals surface area contributed by atoms with Gasteiger partial charge in [-0.1, -0.05) is 34.6 Å². The molecule has 0 heterocycles. The van der Waals surface area contributed by atoms with E-state index in [0.717, 1.165) is 11.8 Å². The average Bonchev–Trinajstić information content (AvgIpc) is 2.14. The van der Waals surface area contributed by atoms with E-state index in [2.05, 4.69) is 46.2 Å². The van der Waals surface area contributed by atoms with Crippen LogP contribution in [0.3, 0.4) is 0 Å². The molecule has 0 rings (SSSR count). The second kappa shape index (κ2) is 9.35. The number of rotatable bonds is 9. The summed E-state index contributed by atoms with van der Waals surface area (Å²) < 4.78 is 0. The van der Waals surface area contributed by atoms with Crippen LogP contribution in [0.1, 0.15) is 53.9 Å². The first kappa shape index (κ1) is 16.3. The Kier molecular flexibility index (Phi) is 9.53. The number of thioether (sulfide) groups is 1. The van der Waals surface area contributed by atoms with E-state index in [0.29, 0.717) is 12.1 Å². The van der Waals surface area contributed by atoms with E-state index < -0.39 is 0 Å². The molecule has 1 nitrogen and oxygen atoms in total. The van der Waals surface area contributed by atoms with Gasteiger partial charge >= 0.3 is 0 Å². The molecule has 0 saturated heterocycles. The first-order valence-electron chi connectivity index (χ1n) is 6.74. The van der Waals surface area contributed by atoms with Gasteiger partial charge in [-0.15, -0.1) is 0 Å². The molecular weight excluding hydrogens is 214 g/mol. The highest BCUT2D eigenvalue weighted by Gasteiger charge is 2.16. The molecule has 0 aromatic carbocycles. The standard InChI is InChI=1S/C14H31NS/c1-7-13(10-16-6)15-14(8-11(2)3)9-12(4)5/h11-15H,7-10H2,1-6H3. The first-order valence-corrected chi connectivity index (χ1v) is 8.13. The van der Waals surface area contributed by atoms with Crippen molar-refractivity contribution in [2.75, 3.05) is 12.0 Å². The fourth-order valence-electron chi connectivity index (χ4n) is 2.19. The predicted octanol–water partition coefficient (Wildman–Crippen LogP) is 4.18. The fourth-order valence-corrected chi connectivity index (χ4v) is 2.92. The second-order valence-corrected chi connectivity index (χ2v) is 6.59. The highest BCUT2D eigenvalue weighted by molar-refractivity contribution is 7.98. The van der Waals surface area contributed by atoms with Gasteiger partial charge in [0.2, 0.25) is 0 Å². The summed E-state index contributed by atoms with van der Waals surface area (Å²) in [7, 11) is 0. The molecule has 1 unspecified atom stereocenters. The van der Waals surface area contributed by atoms with E-state index >= 15 is 0 Å². The van der Waals surface area contributed by atoms with Crippen LogP contribution in [0.4, 0.5) is 0 Å². The Morgan fingerprint density at radius 2 is 1.44 bits per heavy atom. The molecule has 0 fully saturated rings. The van der Waals surface area contributed by atoms with Crippen LogP contribution >= 0.6 is 11.8 Å². The lowest BCUT2D eigenvalue weighted by molar-refractivity contribution is 0.331. The topological polar surface area (TPSA) is 12.0 Å². The molecule has 0 aliphatic carbocycles. The maximum atomic E-state index is 3.85. The molecule has 0 amide bonds. The van der Waals surface area contributed by atoms with Gasteiger partial charge < -0.3 is 5.32 Å². The van der Waals surface area contributed by atoms with Gasteiger partial charge in [0.05, 0.1) is 0 Å². The molecule has 2 heteroatoms. The highest BCUT2D eigenvalue weighted by atomic mass is 32.2. The lowest BCUT2D eigenvalue weighted by atomic mass is 9.95. The summed E-state index contributed by atoms with van der Waals surface area (Å²) in [6.07, 6.45) is 6.06. The smallest absolute Gasteiger partial charge is 0.0158 e. The maximum absolute atomic E-state index is 3.85. The van der Waals surface area contributed by atoms with Gasteiger partial charge in [-0.25, -0.2) is 0 Å². The molecule has 0 saturated carbocycles. The van der Waals surface area contributed by atoms with Crippen molar-refractivity contribution in [3.05, 3.63) is 0 Å². The zero-order valence-corrected chi connectivity index (χ0v) is 12.9. The molecule has 0 aliphatic rings. The Labute approximate surface area is 107 Å². The van der Waals surface area contributed by atoms with Gasteiger partial charge in [-0.3, -0.25) is 0 Å². The minimum atomic E-state index is 0.692. The molecule has 0 spiro atoms. The quantitative estimate of drug-likeness (QED) is 0.654. The van der Waals surface area contributed by atoms with Crippen molar-refractivity contribution < 1.29 is 0 Å². The Morgan fingerprint density at radius 1 is 0.938 bits per heavy atom. The zero-order chi connectivity index (χ0) is 12.6. The monoisotopic (exact) mass is 245 g/mol. The zero-order valence-electron chi connectivity index (χ0n) is 12.0. The van der Waals surface area contributed by atoms with Crippen LogP contribution in [0.5, 0.6) is 0 Å². The molecule has 0 radical (unpaired) electrons. The van der Waals surface area contributed by atoms with Gasteiger partial charge in [0.25, 0.3) is 0 Å². The van der Waals surface area contributed by atoms with Crippen molar-refractivity contribution in [2.45, 2.75) is 66.0 Å². The van der Waals surface area contributed by atoms with Crippen LogP contribution in [-0.4, -0.2) is 24.1 Å². The SMILES string of the molecule is CCC(CSC)NC(CC(C)C)CC(C)C. The van der Waals surface area contributed by atoms with Crippen LogP contribution in [0.25, 0.3) is 0 Å². The van der Waals surface area contributed by atoms with E-state index in [1.165, 1.54) is 25.0 Å². The Balaban J connectivity index is 4.15. The van der Waals surface area contributed by atoms with Crippen molar-refractivity contribution in [1.82, 2.24) is 5.32 Å². The minimum Gasteiger partial charge on any atom is -0.310 e. The normalized spacial score (nSPS) is 14.1. The van der Waals surface area contributed by atoms with Crippen LogP contribution < -0.4 is 5.32 Å². The third-order valence-corrected chi connectivity index (χ3v) is 3.58. The van der Waals surface area contributed by atoms with E-state index in [4.69, 9.17) is 0 Å². The van der Waals surface area contributed by atoms with Crippen LogP contribution in [0.15, 0.2) is 0 Å². The van der Waals surface area contributed by atoms with Gasteiger partial charge in [0.15, 0.2) is 0 Å². The maximum Gasteiger partial charge on any atom is 0.0158 e. The molecule has 98 valence electrons. The molecule has 1 atom stereocenters. The van der Waals surface area contributed by atoms with Gasteiger partial charge in [-0.2, -0.15) is 11.8 Å². The molecule has 0 aromatic heterocycles. The first-order chi connectivity index (χ1) is 7.49. The summed E-state index contributed by atoms with van der Waals surface area (Å²) in [5.41, 5.74) is 0. The summed E-state index contributed by atoms with van der Waals surface area (Å²) in [5.74, 6) is 2.83. The predicted molar refractivity (Wildman–Crippen MR) is 78.3 cm³/mol. The van der Waals surface area contributed by atoms with Crippen molar-refractivity contribution in [3.63, 3.8) is 0 Å². The number of nitrogens with one attached hydrogen (secondary N) is 1. The van der Waals surface area contributed by atoms with Crippen LogP contribution in [0.2, 0.25) is 0 Å². The Bertz CT molecular complexity index is 147. The summed E-state index contributed by atoms with van der Waals surface area (Å²) in [4.78, 5) is 0. The minimum absolute atomic E-state index is 0.692. The van der Waals surface area contributed by atoms with E-state index in [9.17, 15) is 0 Å². The van der Waals surface area contributed by atoms with Crippen molar-refractivity contribution in [3.8, 4) is 0 Å². The van der Waals surface area contributed by atoms with Gasteiger partial charge in [0.1, 0.15) is 0 Å². The number of hydrogen-bond donors (Lipinski definition) is 1. The molecule has 1 N–H and O–H groups in total. The third-order valence-electron chi connectivity index (χ3n) is 2.84. The largest absolute Gasteiger partial charge is 0.310 e. The Hall–Kier alpha value is 0.310. The molecule has 0 aromatic rings. The average molecular weight is 245 g/mol. The Morgan fingerprint density at radius 3 is 1.75 bits per heavy atom. The van der Waals surface area contributed by atoms with Crippen molar-refractivity contribution >= 4 is 11.8 Å². The molecule has 16 heavy (non-hydrogen) atoms. The lowest BCUT2D eigenvalue weighted by Crippen LogP contribution is -2.41. The molecular formula is C14H31NS. The van der Waals surface area contributed by atoms with Gasteiger partial charge in [-0.05, 0) is 37.4 Å². The second-order valence-electron chi connectivity index (χ2n) is 5.68.